The molecule has 1 fully saturated rings. The molecule has 2 aromatic carbocycles. The summed E-state index contributed by atoms with van der Waals surface area (Å²) < 4.78 is 0. The van der Waals surface area contributed by atoms with Crippen molar-refractivity contribution in [1.82, 2.24) is 4.90 Å². The Bertz CT molecular complexity index is 768. The van der Waals surface area contributed by atoms with Crippen LogP contribution < -0.4 is 5.73 Å². The standard InChI is InChI=1S/C21H23ClN2O/c22-19-9-7-18(8-10-19)21(25)11-14-24(15-12-21)13-2-1-4-17-5-3-6-20(23)16-17/h3,5-10,16,25H,2,11-15,23H2. The van der Waals surface area contributed by atoms with Crippen molar-refractivity contribution in [3.05, 3.63) is 64.7 Å². The van der Waals surface area contributed by atoms with E-state index in [1.54, 1.807) is 0 Å². The fraction of sp³-hybridized carbons (Fsp3) is 0.333. The summed E-state index contributed by atoms with van der Waals surface area (Å²) in [5.74, 6) is 6.36. The molecule has 2 aromatic rings. The number of rotatable bonds is 3. The van der Waals surface area contributed by atoms with Crippen LogP contribution in [0.5, 0.6) is 0 Å². The number of nitrogens with zero attached hydrogens (tertiary/aromatic N) is 1. The van der Waals surface area contributed by atoms with E-state index in [-0.39, 0.29) is 0 Å². The third-order valence-corrected chi connectivity index (χ3v) is 4.99. The van der Waals surface area contributed by atoms with Crippen LogP contribution in [0, 0.1) is 11.8 Å². The first-order valence-electron chi connectivity index (χ1n) is 8.60. The first kappa shape index (κ1) is 17.8. The maximum Gasteiger partial charge on any atom is 0.0920 e. The van der Waals surface area contributed by atoms with Crippen LogP contribution in [0.1, 0.15) is 30.4 Å². The van der Waals surface area contributed by atoms with E-state index < -0.39 is 5.60 Å². The molecule has 0 radical (unpaired) electrons. The average molecular weight is 355 g/mol. The van der Waals surface area contributed by atoms with E-state index in [1.807, 2.05) is 48.5 Å². The Kier molecular flexibility index (Phi) is 5.65. The fourth-order valence-electron chi connectivity index (χ4n) is 3.19. The van der Waals surface area contributed by atoms with Crippen molar-refractivity contribution >= 4 is 17.3 Å². The molecular formula is C21H23ClN2O. The van der Waals surface area contributed by atoms with Crippen molar-refractivity contribution < 1.29 is 5.11 Å². The molecule has 4 heteroatoms. The molecule has 3 N–H and O–H groups in total. The lowest BCUT2D eigenvalue weighted by atomic mass is 9.84. The number of piperidine rings is 1. The number of benzene rings is 2. The molecule has 0 amide bonds. The lowest BCUT2D eigenvalue weighted by molar-refractivity contribution is -0.0253. The van der Waals surface area contributed by atoms with Gasteiger partial charge in [0.15, 0.2) is 0 Å². The number of hydrogen-bond donors (Lipinski definition) is 2. The van der Waals surface area contributed by atoms with Gasteiger partial charge < -0.3 is 15.7 Å². The van der Waals surface area contributed by atoms with E-state index in [4.69, 9.17) is 17.3 Å². The molecule has 0 unspecified atom stereocenters. The van der Waals surface area contributed by atoms with E-state index in [0.29, 0.717) is 5.02 Å². The number of anilines is 1. The van der Waals surface area contributed by atoms with Gasteiger partial charge in [-0.25, -0.2) is 0 Å². The molecule has 1 aliphatic heterocycles. The molecule has 3 nitrogen and oxygen atoms in total. The molecule has 0 bridgehead atoms. The summed E-state index contributed by atoms with van der Waals surface area (Å²) in [7, 11) is 0. The molecule has 1 heterocycles. The highest BCUT2D eigenvalue weighted by atomic mass is 35.5. The highest BCUT2D eigenvalue weighted by Crippen LogP contribution is 2.33. The van der Waals surface area contributed by atoms with Gasteiger partial charge in [-0.15, -0.1) is 0 Å². The number of aliphatic hydroxyl groups is 1. The van der Waals surface area contributed by atoms with Crippen molar-refractivity contribution in [2.24, 2.45) is 0 Å². The van der Waals surface area contributed by atoms with Crippen LogP contribution in [0.15, 0.2) is 48.5 Å². The monoisotopic (exact) mass is 354 g/mol. The van der Waals surface area contributed by atoms with Crippen LogP contribution in [0.25, 0.3) is 0 Å². The van der Waals surface area contributed by atoms with Crippen LogP contribution in [0.2, 0.25) is 5.02 Å². The molecule has 130 valence electrons. The summed E-state index contributed by atoms with van der Waals surface area (Å²) in [5.41, 5.74) is 7.66. The summed E-state index contributed by atoms with van der Waals surface area (Å²) >= 11 is 5.93. The predicted octanol–water partition coefficient (Wildman–Crippen LogP) is 3.65. The molecule has 0 saturated carbocycles. The van der Waals surface area contributed by atoms with Crippen molar-refractivity contribution in [2.45, 2.75) is 24.9 Å². The molecule has 3 rings (SSSR count). The Morgan fingerprint density at radius 2 is 1.84 bits per heavy atom. The minimum atomic E-state index is -0.742. The molecule has 0 aromatic heterocycles. The normalized spacial score (nSPS) is 16.9. The van der Waals surface area contributed by atoms with Crippen molar-refractivity contribution in [2.75, 3.05) is 25.4 Å². The molecule has 0 aliphatic carbocycles. The Morgan fingerprint density at radius 1 is 1.12 bits per heavy atom. The van der Waals surface area contributed by atoms with E-state index in [2.05, 4.69) is 16.7 Å². The number of halogens is 1. The summed E-state index contributed by atoms with van der Waals surface area (Å²) in [6, 6.07) is 15.2. The van der Waals surface area contributed by atoms with Gasteiger partial charge >= 0.3 is 0 Å². The number of hydrogen-bond acceptors (Lipinski definition) is 3. The van der Waals surface area contributed by atoms with Crippen LogP contribution in [-0.4, -0.2) is 29.6 Å². The lowest BCUT2D eigenvalue weighted by Crippen LogP contribution is -2.42. The largest absolute Gasteiger partial charge is 0.399 e. The molecule has 1 saturated heterocycles. The maximum atomic E-state index is 10.9. The van der Waals surface area contributed by atoms with Crippen LogP contribution in [0.4, 0.5) is 5.69 Å². The summed E-state index contributed by atoms with van der Waals surface area (Å²) in [6.07, 6.45) is 2.28. The van der Waals surface area contributed by atoms with Gasteiger partial charge in [0, 0.05) is 42.3 Å². The Hall–Kier alpha value is -1.99. The number of nitrogen functional groups attached to an aromatic ring is 1. The fourth-order valence-corrected chi connectivity index (χ4v) is 3.32. The first-order chi connectivity index (χ1) is 12.0. The Morgan fingerprint density at radius 3 is 2.52 bits per heavy atom. The molecular weight excluding hydrogens is 332 g/mol. The second-order valence-corrected chi connectivity index (χ2v) is 6.99. The smallest absolute Gasteiger partial charge is 0.0920 e. The van der Waals surface area contributed by atoms with Crippen molar-refractivity contribution in [1.29, 1.82) is 0 Å². The first-order valence-corrected chi connectivity index (χ1v) is 8.98. The van der Waals surface area contributed by atoms with Gasteiger partial charge in [0.2, 0.25) is 0 Å². The van der Waals surface area contributed by atoms with Gasteiger partial charge in [0.25, 0.3) is 0 Å². The third kappa shape index (κ3) is 4.76. The summed E-state index contributed by atoms with van der Waals surface area (Å²) in [6.45, 7) is 2.67. The molecule has 0 spiro atoms. The van der Waals surface area contributed by atoms with Gasteiger partial charge in [-0.3, -0.25) is 0 Å². The minimum Gasteiger partial charge on any atom is -0.399 e. The molecule has 1 aliphatic rings. The third-order valence-electron chi connectivity index (χ3n) is 4.74. The SMILES string of the molecule is Nc1cccc(C#CCCN2CCC(O)(c3ccc(Cl)cc3)CC2)c1. The topological polar surface area (TPSA) is 49.5 Å². The zero-order chi connectivity index (χ0) is 17.7. The number of nitrogens with two attached hydrogens (primary N) is 1. The summed E-state index contributed by atoms with van der Waals surface area (Å²) in [4.78, 5) is 2.36. The minimum absolute atomic E-state index is 0.698. The highest BCUT2D eigenvalue weighted by Gasteiger charge is 2.33. The van der Waals surface area contributed by atoms with Gasteiger partial charge in [-0.2, -0.15) is 0 Å². The van der Waals surface area contributed by atoms with Gasteiger partial charge in [0.1, 0.15) is 0 Å². The zero-order valence-corrected chi connectivity index (χ0v) is 15.0. The van der Waals surface area contributed by atoms with Crippen molar-refractivity contribution in [3.63, 3.8) is 0 Å². The lowest BCUT2D eigenvalue weighted by Gasteiger charge is -2.38. The van der Waals surface area contributed by atoms with E-state index in [9.17, 15) is 5.11 Å². The van der Waals surface area contributed by atoms with E-state index in [0.717, 1.165) is 55.7 Å². The van der Waals surface area contributed by atoms with Crippen LogP contribution in [0.3, 0.4) is 0 Å². The highest BCUT2D eigenvalue weighted by molar-refractivity contribution is 6.30. The summed E-state index contributed by atoms with van der Waals surface area (Å²) in [5, 5.41) is 11.6. The molecule has 25 heavy (non-hydrogen) atoms. The second-order valence-electron chi connectivity index (χ2n) is 6.56. The second kappa shape index (κ2) is 7.93. The zero-order valence-electron chi connectivity index (χ0n) is 14.2. The van der Waals surface area contributed by atoms with Crippen molar-refractivity contribution in [3.8, 4) is 11.8 Å². The van der Waals surface area contributed by atoms with E-state index in [1.165, 1.54) is 0 Å². The quantitative estimate of drug-likeness (QED) is 0.653. The van der Waals surface area contributed by atoms with Gasteiger partial charge in [-0.1, -0.05) is 41.6 Å². The Labute approximate surface area is 154 Å². The van der Waals surface area contributed by atoms with Gasteiger partial charge in [-0.05, 0) is 48.7 Å². The predicted molar refractivity (Wildman–Crippen MR) is 103 cm³/mol. The number of likely N-dealkylation sites (tertiary alicyclic amines) is 1. The Balaban J connectivity index is 1.49. The van der Waals surface area contributed by atoms with Gasteiger partial charge in [0.05, 0.1) is 5.60 Å². The maximum absolute atomic E-state index is 10.9. The average Bonchev–Trinajstić information content (AvgIpc) is 2.61. The molecule has 0 atom stereocenters. The van der Waals surface area contributed by atoms with Crippen LogP contribution in [-0.2, 0) is 5.60 Å². The van der Waals surface area contributed by atoms with Crippen LogP contribution >= 0.6 is 11.6 Å². The van der Waals surface area contributed by atoms with E-state index >= 15 is 0 Å².